The number of nitrogens with one attached hydrogen (secondary N) is 2. The van der Waals surface area contributed by atoms with Crippen LogP contribution in [0.15, 0.2) is 24.3 Å². The first-order chi connectivity index (χ1) is 9.98. The largest absolute Gasteiger partial charge is 0.444 e. The lowest BCUT2D eigenvalue weighted by Gasteiger charge is -2.30. The molecule has 0 aliphatic carbocycles. The number of hydrogen-bond donors (Lipinski definition) is 2. The molecule has 4 nitrogen and oxygen atoms in total. The maximum absolute atomic E-state index is 12.9. The van der Waals surface area contributed by atoms with Crippen molar-refractivity contribution in [3.05, 3.63) is 35.6 Å². The predicted molar refractivity (Wildman–Crippen MR) is 86.3 cm³/mol. The Morgan fingerprint density at radius 3 is 2.23 bits per heavy atom. The highest BCUT2D eigenvalue weighted by Crippen LogP contribution is 2.14. The molecule has 0 bridgehead atoms. The van der Waals surface area contributed by atoms with Crippen LogP contribution in [0, 0.1) is 5.82 Å². The van der Waals surface area contributed by atoms with Crippen LogP contribution in [0.5, 0.6) is 0 Å². The van der Waals surface area contributed by atoms with Crippen molar-refractivity contribution in [2.75, 3.05) is 6.54 Å². The Labute approximate surface area is 132 Å². The quantitative estimate of drug-likeness (QED) is 0.870. The van der Waals surface area contributed by atoms with Crippen LogP contribution in [0.4, 0.5) is 9.18 Å². The van der Waals surface area contributed by atoms with Crippen molar-refractivity contribution in [3.63, 3.8) is 0 Å². The minimum Gasteiger partial charge on any atom is -0.444 e. The maximum Gasteiger partial charge on any atom is 0.408 e. The van der Waals surface area contributed by atoms with E-state index in [0.29, 0.717) is 6.54 Å². The molecule has 5 heteroatoms. The monoisotopic (exact) mass is 310 g/mol. The zero-order chi connectivity index (χ0) is 17.0. The van der Waals surface area contributed by atoms with E-state index in [4.69, 9.17) is 4.74 Å². The number of halogens is 1. The first kappa shape index (κ1) is 18.4. The fraction of sp³-hybridized carbons (Fsp3) is 0.588. The summed E-state index contributed by atoms with van der Waals surface area (Å²) in [4.78, 5) is 11.8. The smallest absolute Gasteiger partial charge is 0.408 e. The van der Waals surface area contributed by atoms with Gasteiger partial charge in [0.2, 0.25) is 0 Å². The maximum atomic E-state index is 12.9. The molecule has 0 fully saturated rings. The van der Waals surface area contributed by atoms with Gasteiger partial charge in [0, 0.05) is 12.6 Å². The van der Waals surface area contributed by atoms with Gasteiger partial charge in [-0.25, -0.2) is 9.18 Å². The molecule has 1 atom stereocenters. The number of hydrogen-bond acceptors (Lipinski definition) is 3. The van der Waals surface area contributed by atoms with Crippen LogP contribution in [-0.4, -0.2) is 23.8 Å². The lowest BCUT2D eigenvalue weighted by atomic mass is 10.0. The van der Waals surface area contributed by atoms with Gasteiger partial charge in [-0.2, -0.15) is 0 Å². The van der Waals surface area contributed by atoms with Crippen molar-refractivity contribution < 1.29 is 13.9 Å². The summed E-state index contributed by atoms with van der Waals surface area (Å²) in [5.74, 6) is -0.247. The van der Waals surface area contributed by atoms with Gasteiger partial charge >= 0.3 is 6.09 Å². The molecule has 0 aliphatic rings. The minimum atomic E-state index is -0.519. The van der Waals surface area contributed by atoms with E-state index in [1.165, 1.54) is 12.1 Å². The number of alkyl carbamates (subject to hydrolysis) is 1. The second-order valence-corrected chi connectivity index (χ2v) is 7.16. The Hall–Kier alpha value is -1.62. The number of rotatable bonds is 5. The number of benzene rings is 1. The predicted octanol–water partition coefficient (Wildman–Crippen LogP) is 3.78. The molecule has 124 valence electrons. The molecule has 0 heterocycles. The molecule has 22 heavy (non-hydrogen) atoms. The van der Waals surface area contributed by atoms with E-state index < -0.39 is 17.2 Å². The van der Waals surface area contributed by atoms with Gasteiger partial charge in [-0.1, -0.05) is 12.1 Å². The molecule has 0 radical (unpaired) electrons. The van der Waals surface area contributed by atoms with E-state index in [-0.39, 0.29) is 11.9 Å². The van der Waals surface area contributed by atoms with E-state index in [9.17, 15) is 9.18 Å². The molecule has 0 saturated heterocycles. The van der Waals surface area contributed by atoms with Crippen LogP contribution in [0.1, 0.15) is 53.1 Å². The van der Waals surface area contributed by atoms with E-state index in [1.54, 1.807) is 12.1 Å². The van der Waals surface area contributed by atoms with Crippen molar-refractivity contribution in [1.29, 1.82) is 0 Å². The average Bonchev–Trinajstić information content (AvgIpc) is 2.33. The summed E-state index contributed by atoms with van der Waals surface area (Å²) in [7, 11) is 0. The molecule has 2 N–H and O–H groups in total. The summed E-state index contributed by atoms with van der Waals surface area (Å²) >= 11 is 0. The van der Waals surface area contributed by atoms with Gasteiger partial charge in [0.15, 0.2) is 0 Å². The Morgan fingerprint density at radius 2 is 1.73 bits per heavy atom. The molecule has 0 aliphatic heterocycles. The van der Waals surface area contributed by atoms with Gasteiger partial charge in [0.1, 0.15) is 11.4 Å². The summed E-state index contributed by atoms with van der Waals surface area (Å²) in [5, 5.41) is 6.18. The highest BCUT2D eigenvalue weighted by molar-refractivity contribution is 5.68. The standard InChI is InChI=1S/C17H27FN2O2/c1-12(13-7-9-14(18)10-8-13)19-11-17(5,6)20-15(21)22-16(2,3)4/h7-10,12,19H,11H2,1-6H3,(H,20,21). The Balaban J connectivity index is 2.50. The SMILES string of the molecule is CC(NCC(C)(C)NC(=O)OC(C)(C)C)c1ccc(F)cc1. The molecular weight excluding hydrogens is 283 g/mol. The Bertz CT molecular complexity index is 492. The van der Waals surface area contributed by atoms with Gasteiger partial charge in [0.25, 0.3) is 0 Å². The number of ether oxygens (including phenoxy) is 1. The number of amides is 1. The third kappa shape index (κ3) is 6.89. The van der Waals surface area contributed by atoms with E-state index >= 15 is 0 Å². The molecule has 1 amide bonds. The van der Waals surface area contributed by atoms with Crippen LogP contribution in [0.3, 0.4) is 0 Å². The van der Waals surface area contributed by atoms with Crippen LogP contribution >= 0.6 is 0 Å². The second kappa shape index (κ2) is 7.09. The first-order valence-electron chi connectivity index (χ1n) is 7.48. The van der Waals surface area contributed by atoms with Gasteiger partial charge in [-0.15, -0.1) is 0 Å². The average molecular weight is 310 g/mol. The van der Waals surface area contributed by atoms with Gasteiger partial charge in [-0.05, 0) is 59.2 Å². The lowest BCUT2D eigenvalue weighted by Crippen LogP contribution is -2.51. The zero-order valence-corrected chi connectivity index (χ0v) is 14.3. The fourth-order valence-electron chi connectivity index (χ4n) is 1.90. The van der Waals surface area contributed by atoms with Crippen LogP contribution in [0.25, 0.3) is 0 Å². The molecule has 0 aromatic heterocycles. The third-order valence-corrected chi connectivity index (χ3v) is 3.06. The fourth-order valence-corrected chi connectivity index (χ4v) is 1.90. The second-order valence-electron chi connectivity index (χ2n) is 7.16. The number of carbonyl (C=O) groups excluding carboxylic acids is 1. The van der Waals surface area contributed by atoms with E-state index in [0.717, 1.165) is 5.56 Å². The van der Waals surface area contributed by atoms with Crippen LogP contribution < -0.4 is 10.6 Å². The van der Waals surface area contributed by atoms with E-state index in [1.807, 2.05) is 41.5 Å². The van der Waals surface area contributed by atoms with Crippen molar-refractivity contribution in [2.45, 2.75) is 58.7 Å². The summed E-state index contributed by atoms with van der Waals surface area (Å²) < 4.78 is 18.2. The van der Waals surface area contributed by atoms with Crippen LogP contribution in [0.2, 0.25) is 0 Å². The van der Waals surface area contributed by atoms with E-state index in [2.05, 4.69) is 10.6 Å². The Kier molecular flexibility index (Phi) is 5.94. The Morgan fingerprint density at radius 1 is 1.18 bits per heavy atom. The van der Waals surface area contributed by atoms with Crippen molar-refractivity contribution in [2.24, 2.45) is 0 Å². The molecular formula is C17H27FN2O2. The molecule has 1 rings (SSSR count). The zero-order valence-electron chi connectivity index (χ0n) is 14.3. The third-order valence-electron chi connectivity index (χ3n) is 3.06. The minimum absolute atomic E-state index is 0.0558. The van der Waals surface area contributed by atoms with Crippen molar-refractivity contribution in [1.82, 2.24) is 10.6 Å². The molecule has 1 aromatic rings. The topological polar surface area (TPSA) is 50.4 Å². The van der Waals surface area contributed by atoms with Crippen molar-refractivity contribution in [3.8, 4) is 0 Å². The summed E-state index contributed by atoms with van der Waals surface area (Å²) in [6, 6.07) is 6.44. The molecule has 0 saturated carbocycles. The highest BCUT2D eigenvalue weighted by Gasteiger charge is 2.24. The normalized spacial score (nSPS) is 13.6. The molecule has 0 spiro atoms. The molecule has 1 aromatic carbocycles. The van der Waals surface area contributed by atoms with Gasteiger partial charge in [0.05, 0.1) is 5.54 Å². The number of carbonyl (C=O) groups is 1. The lowest BCUT2D eigenvalue weighted by molar-refractivity contribution is 0.0471. The molecule has 1 unspecified atom stereocenters. The van der Waals surface area contributed by atoms with Gasteiger partial charge in [-0.3, -0.25) is 0 Å². The van der Waals surface area contributed by atoms with Crippen molar-refractivity contribution >= 4 is 6.09 Å². The van der Waals surface area contributed by atoms with Crippen LogP contribution in [-0.2, 0) is 4.74 Å². The first-order valence-corrected chi connectivity index (χ1v) is 7.48. The summed E-state index contributed by atoms with van der Waals surface area (Å²) in [5.41, 5.74) is 0.0143. The highest BCUT2D eigenvalue weighted by atomic mass is 19.1. The summed E-state index contributed by atoms with van der Waals surface area (Å²) in [6.45, 7) is 11.9. The summed E-state index contributed by atoms with van der Waals surface area (Å²) in [6.07, 6.45) is -0.436. The van der Waals surface area contributed by atoms with Gasteiger partial charge < -0.3 is 15.4 Å².